The largest absolute Gasteiger partial charge is 0.481 e. The highest BCUT2D eigenvalue weighted by atomic mass is 35.5. The summed E-state index contributed by atoms with van der Waals surface area (Å²) in [5.41, 5.74) is 4.38. The number of carbonyl (C=O) groups excluding carboxylic acids is 2. The van der Waals surface area contributed by atoms with Crippen LogP contribution >= 0.6 is 23.2 Å². The van der Waals surface area contributed by atoms with Crippen molar-refractivity contribution < 1.29 is 19.5 Å². The molecule has 0 aliphatic heterocycles. The molecule has 204 valence electrons. The molecule has 8 nitrogen and oxygen atoms in total. The molecule has 1 aliphatic rings. The highest BCUT2D eigenvalue weighted by Gasteiger charge is 2.28. The number of nitrogens with one attached hydrogen (secondary N) is 2. The molecule has 0 bridgehead atoms. The molecule has 2 amide bonds. The molecule has 4 aromatic rings. The van der Waals surface area contributed by atoms with Crippen molar-refractivity contribution >= 4 is 41.0 Å². The second kappa shape index (κ2) is 11.9. The van der Waals surface area contributed by atoms with Gasteiger partial charge in [-0.1, -0.05) is 77.8 Å². The summed E-state index contributed by atoms with van der Waals surface area (Å²) in [6.07, 6.45) is 4.59. The fourth-order valence-electron chi connectivity index (χ4n) is 4.91. The number of hydrogen-bond donors (Lipinski definition) is 3. The number of carboxylic acids is 1. The molecule has 0 radical (unpaired) electrons. The lowest BCUT2D eigenvalue weighted by Gasteiger charge is -2.18. The number of amides is 2. The van der Waals surface area contributed by atoms with Crippen LogP contribution in [0.3, 0.4) is 0 Å². The van der Waals surface area contributed by atoms with E-state index in [1.165, 1.54) is 5.56 Å². The first-order valence-corrected chi connectivity index (χ1v) is 13.5. The number of carboxylic acid groups (broad SMARTS) is 1. The van der Waals surface area contributed by atoms with Gasteiger partial charge >= 0.3 is 12.0 Å². The number of imidazole rings is 1. The minimum Gasteiger partial charge on any atom is -0.481 e. The van der Waals surface area contributed by atoms with Gasteiger partial charge in [0.05, 0.1) is 45.3 Å². The number of fused-ring (bicyclic) bond motifs is 1. The van der Waals surface area contributed by atoms with Crippen molar-refractivity contribution in [1.82, 2.24) is 20.2 Å². The van der Waals surface area contributed by atoms with E-state index in [1.807, 2.05) is 54.6 Å². The van der Waals surface area contributed by atoms with Gasteiger partial charge < -0.3 is 20.3 Å². The molecule has 2 atom stereocenters. The molecule has 1 aromatic heterocycles. The number of ketones is 1. The number of urea groups is 1. The number of aromatic nitrogens is 2. The molecule has 0 unspecified atom stereocenters. The zero-order chi connectivity index (χ0) is 28.2. The molecular weight excluding hydrogens is 551 g/mol. The fourth-order valence-corrected chi connectivity index (χ4v) is 5.59. The van der Waals surface area contributed by atoms with Crippen LogP contribution in [0.1, 0.15) is 40.4 Å². The SMILES string of the molecule is O=C(NC[C@H](CC(=O)c1c(Cl)ccc(-n2cnc(-c3ccccc3)c2)c1Cl)C(=O)O)N[C@@H]1CCc2ccccc21. The van der Waals surface area contributed by atoms with E-state index in [1.54, 1.807) is 29.2 Å². The minimum absolute atomic E-state index is 0.0223. The quantitative estimate of drug-likeness (QED) is 0.208. The summed E-state index contributed by atoms with van der Waals surface area (Å²) < 4.78 is 1.68. The molecule has 10 heteroatoms. The Bertz CT molecular complexity index is 1570. The van der Waals surface area contributed by atoms with Gasteiger partial charge in [0.1, 0.15) is 0 Å². The van der Waals surface area contributed by atoms with Crippen LogP contribution in [0.5, 0.6) is 0 Å². The number of carbonyl (C=O) groups is 3. The Kier molecular flexibility index (Phi) is 8.19. The number of aliphatic carboxylic acids is 1. The number of Topliss-reactive ketones (excluding diaryl/α,β-unsaturated/α-hetero) is 1. The monoisotopic (exact) mass is 576 g/mol. The molecule has 40 heavy (non-hydrogen) atoms. The van der Waals surface area contributed by atoms with E-state index in [-0.39, 0.29) is 28.2 Å². The summed E-state index contributed by atoms with van der Waals surface area (Å²) in [5.74, 6) is -2.94. The molecule has 3 N–H and O–H groups in total. The average Bonchev–Trinajstić information content (AvgIpc) is 3.59. The summed E-state index contributed by atoms with van der Waals surface area (Å²) >= 11 is 13.0. The van der Waals surface area contributed by atoms with Gasteiger partial charge in [0, 0.05) is 24.7 Å². The summed E-state index contributed by atoms with van der Waals surface area (Å²) in [5, 5.41) is 15.5. The third kappa shape index (κ3) is 5.88. The number of halogens is 2. The summed E-state index contributed by atoms with van der Waals surface area (Å²) in [7, 11) is 0. The Morgan fingerprint density at radius 3 is 2.55 bits per heavy atom. The van der Waals surface area contributed by atoms with Crippen LogP contribution in [0, 0.1) is 5.92 Å². The number of rotatable bonds is 9. The minimum atomic E-state index is -1.22. The van der Waals surface area contributed by atoms with Crippen molar-refractivity contribution in [2.75, 3.05) is 6.54 Å². The molecule has 1 heterocycles. The van der Waals surface area contributed by atoms with Crippen LogP contribution < -0.4 is 10.6 Å². The number of hydrogen-bond acceptors (Lipinski definition) is 4. The molecule has 0 saturated carbocycles. The summed E-state index contributed by atoms with van der Waals surface area (Å²) in [6.45, 7) is -0.238. The fraction of sp³-hybridized carbons (Fsp3) is 0.200. The van der Waals surface area contributed by atoms with E-state index in [4.69, 9.17) is 23.2 Å². The number of benzene rings is 3. The Morgan fingerprint density at radius 2 is 1.77 bits per heavy atom. The molecule has 5 rings (SSSR count). The Labute approximate surface area is 241 Å². The van der Waals surface area contributed by atoms with Gasteiger partial charge in [-0.2, -0.15) is 0 Å². The highest BCUT2D eigenvalue weighted by Crippen LogP contribution is 2.33. The maximum atomic E-state index is 13.3. The van der Waals surface area contributed by atoms with Crippen LogP contribution in [-0.2, 0) is 11.2 Å². The summed E-state index contributed by atoms with van der Waals surface area (Å²) in [4.78, 5) is 42.2. The highest BCUT2D eigenvalue weighted by molar-refractivity contribution is 6.41. The van der Waals surface area contributed by atoms with Crippen molar-refractivity contribution in [3.63, 3.8) is 0 Å². The molecule has 3 aromatic carbocycles. The first kappa shape index (κ1) is 27.4. The predicted octanol–water partition coefficient (Wildman–Crippen LogP) is 6.11. The maximum absolute atomic E-state index is 13.3. The van der Waals surface area contributed by atoms with E-state index in [0.29, 0.717) is 5.69 Å². The van der Waals surface area contributed by atoms with Crippen LogP contribution in [0.4, 0.5) is 4.79 Å². The van der Waals surface area contributed by atoms with Gasteiger partial charge in [-0.15, -0.1) is 0 Å². The van der Waals surface area contributed by atoms with Crippen LogP contribution in [0.15, 0.2) is 79.3 Å². The van der Waals surface area contributed by atoms with E-state index in [2.05, 4.69) is 15.6 Å². The lowest BCUT2D eigenvalue weighted by atomic mass is 9.97. The molecule has 0 fully saturated rings. The standard InChI is InChI=1S/C30H26Cl2N4O4/c31-22-11-13-25(36-16-24(34-17-36)19-7-2-1-3-8-19)28(32)27(22)26(37)14-20(29(38)39)15-33-30(40)35-23-12-10-18-6-4-5-9-21(18)23/h1-9,11,13,16-17,20,23H,10,12,14-15H2,(H,38,39)(H2,33,35,40)/t20-,23+/m0/s1. The second-order valence-corrected chi connectivity index (χ2v) is 10.4. The smallest absolute Gasteiger partial charge is 0.315 e. The lowest BCUT2D eigenvalue weighted by Crippen LogP contribution is -2.41. The lowest BCUT2D eigenvalue weighted by molar-refractivity contribution is -0.141. The normalized spacial score (nSPS) is 14.8. The van der Waals surface area contributed by atoms with Crippen molar-refractivity contribution in [1.29, 1.82) is 0 Å². The van der Waals surface area contributed by atoms with Crippen LogP contribution in [-0.4, -0.2) is 39.0 Å². The zero-order valence-electron chi connectivity index (χ0n) is 21.3. The average molecular weight is 577 g/mol. The van der Waals surface area contributed by atoms with Gasteiger partial charge in [-0.3, -0.25) is 9.59 Å². The van der Waals surface area contributed by atoms with Crippen molar-refractivity contribution in [3.8, 4) is 16.9 Å². The zero-order valence-corrected chi connectivity index (χ0v) is 22.8. The van der Waals surface area contributed by atoms with E-state index < -0.39 is 30.1 Å². The molecular formula is C30H26Cl2N4O4. The third-order valence-electron chi connectivity index (χ3n) is 7.01. The van der Waals surface area contributed by atoms with Gasteiger partial charge in [-0.25, -0.2) is 9.78 Å². The van der Waals surface area contributed by atoms with Crippen molar-refractivity contribution in [2.24, 2.45) is 5.92 Å². The molecule has 0 spiro atoms. The van der Waals surface area contributed by atoms with Gasteiger partial charge in [-0.05, 0) is 36.1 Å². The Balaban J connectivity index is 1.27. The van der Waals surface area contributed by atoms with Gasteiger partial charge in [0.15, 0.2) is 5.78 Å². The van der Waals surface area contributed by atoms with Gasteiger partial charge in [0.25, 0.3) is 0 Å². The van der Waals surface area contributed by atoms with E-state index >= 15 is 0 Å². The number of aryl methyl sites for hydroxylation is 1. The summed E-state index contributed by atoms with van der Waals surface area (Å²) in [6, 6.07) is 20.0. The van der Waals surface area contributed by atoms with E-state index in [9.17, 15) is 19.5 Å². The maximum Gasteiger partial charge on any atom is 0.315 e. The first-order chi connectivity index (χ1) is 19.3. The van der Waals surface area contributed by atoms with Crippen molar-refractivity contribution in [3.05, 3.63) is 106 Å². The number of nitrogens with zero attached hydrogens (tertiary/aromatic N) is 2. The van der Waals surface area contributed by atoms with Crippen LogP contribution in [0.2, 0.25) is 10.0 Å². The Morgan fingerprint density at radius 1 is 1.02 bits per heavy atom. The first-order valence-electron chi connectivity index (χ1n) is 12.8. The van der Waals surface area contributed by atoms with Gasteiger partial charge in [0.2, 0.25) is 0 Å². The predicted molar refractivity (Wildman–Crippen MR) is 153 cm³/mol. The second-order valence-electron chi connectivity index (χ2n) is 9.59. The van der Waals surface area contributed by atoms with Crippen molar-refractivity contribution in [2.45, 2.75) is 25.3 Å². The van der Waals surface area contributed by atoms with E-state index in [0.717, 1.165) is 29.7 Å². The molecule has 1 aliphatic carbocycles. The Hall–Kier alpha value is -4.14. The molecule has 0 saturated heterocycles. The topological polar surface area (TPSA) is 113 Å². The van der Waals surface area contributed by atoms with Crippen LogP contribution in [0.25, 0.3) is 16.9 Å². The third-order valence-corrected chi connectivity index (χ3v) is 7.71.